The van der Waals surface area contributed by atoms with Gasteiger partial charge in [0.25, 0.3) is 5.91 Å². The number of aromatic nitrogens is 2. The number of aliphatic hydroxyl groups is 1. The summed E-state index contributed by atoms with van der Waals surface area (Å²) in [5, 5.41) is 18.3. The lowest BCUT2D eigenvalue weighted by Crippen LogP contribution is -2.52. The molecule has 4 atom stereocenters. The predicted octanol–water partition coefficient (Wildman–Crippen LogP) is 2.88. The van der Waals surface area contributed by atoms with E-state index in [1.807, 2.05) is 62.5 Å². The van der Waals surface area contributed by atoms with E-state index in [1.54, 1.807) is 12.3 Å². The van der Waals surface area contributed by atoms with Gasteiger partial charge in [0.15, 0.2) is 0 Å². The Morgan fingerprint density at radius 3 is 2.71 bits per heavy atom. The van der Waals surface area contributed by atoms with Gasteiger partial charge in [0.1, 0.15) is 18.0 Å². The summed E-state index contributed by atoms with van der Waals surface area (Å²) in [4.78, 5) is 19.4. The van der Waals surface area contributed by atoms with Gasteiger partial charge in [0.2, 0.25) is 5.76 Å². The highest BCUT2D eigenvalue weighted by molar-refractivity contribution is 5.91. The number of carbonyl (C=O) groups is 1. The van der Waals surface area contributed by atoms with E-state index < -0.39 is 12.2 Å². The van der Waals surface area contributed by atoms with Gasteiger partial charge in [-0.05, 0) is 37.7 Å². The zero-order valence-electron chi connectivity index (χ0n) is 19.6. The van der Waals surface area contributed by atoms with Gasteiger partial charge in [0, 0.05) is 37.3 Å². The van der Waals surface area contributed by atoms with Gasteiger partial charge in [-0.15, -0.1) is 0 Å². The molecule has 1 aromatic carbocycles. The van der Waals surface area contributed by atoms with Crippen LogP contribution in [0.2, 0.25) is 0 Å². The van der Waals surface area contributed by atoms with E-state index in [1.165, 1.54) is 0 Å². The third kappa shape index (κ3) is 5.81. The van der Waals surface area contributed by atoms with Gasteiger partial charge >= 0.3 is 0 Å². The van der Waals surface area contributed by atoms with Crippen molar-refractivity contribution in [2.24, 2.45) is 0 Å². The molecule has 34 heavy (non-hydrogen) atoms. The van der Waals surface area contributed by atoms with Crippen molar-refractivity contribution in [2.45, 2.75) is 56.9 Å². The van der Waals surface area contributed by atoms with Crippen molar-refractivity contribution in [1.29, 1.82) is 0 Å². The van der Waals surface area contributed by atoms with Crippen LogP contribution in [0.5, 0.6) is 5.75 Å². The fraction of sp³-hybridized carbons (Fsp3) is 0.423. The van der Waals surface area contributed by atoms with E-state index in [2.05, 4.69) is 20.4 Å². The number of ether oxygens (including phenoxy) is 1. The molecule has 1 saturated carbocycles. The predicted molar refractivity (Wildman–Crippen MR) is 128 cm³/mol. The number of nitrogens with zero attached hydrogens (tertiary/aromatic N) is 3. The van der Waals surface area contributed by atoms with Crippen molar-refractivity contribution >= 4 is 5.91 Å². The Hall–Kier alpha value is -3.23. The first-order valence-electron chi connectivity index (χ1n) is 11.8. The van der Waals surface area contributed by atoms with Crippen LogP contribution in [0.4, 0.5) is 0 Å². The lowest BCUT2D eigenvalue weighted by Gasteiger charge is -2.32. The van der Waals surface area contributed by atoms with Gasteiger partial charge in [-0.2, -0.15) is 0 Å². The Labute approximate surface area is 199 Å². The summed E-state index contributed by atoms with van der Waals surface area (Å²) in [7, 11) is 1.95. The number of pyridine rings is 1. The molecular formula is C26H32N4O4. The molecule has 0 saturated heterocycles. The number of benzene rings is 1. The van der Waals surface area contributed by atoms with E-state index in [-0.39, 0.29) is 23.8 Å². The maximum Gasteiger partial charge on any atom is 0.290 e. The molecule has 1 aliphatic carbocycles. The molecule has 1 aliphatic rings. The number of aryl methyl sites for hydroxylation is 1. The molecule has 0 spiro atoms. The maximum atomic E-state index is 12.9. The topological polar surface area (TPSA) is 101 Å². The van der Waals surface area contributed by atoms with Crippen LogP contribution in [0.1, 0.15) is 41.7 Å². The molecule has 0 radical (unpaired) electrons. The summed E-state index contributed by atoms with van der Waals surface area (Å²) in [6.45, 7) is 2.72. The maximum absolute atomic E-state index is 12.9. The van der Waals surface area contributed by atoms with Crippen LogP contribution in [-0.4, -0.2) is 63.9 Å². The van der Waals surface area contributed by atoms with E-state index in [0.29, 0.717) is 18.7 Å². The summed E-state index contributed by atoms with van der Waals surface area (Å²) >= 11 is 0. The molecule has 2 aromatic heterocycles. The summed E-state index contributed by atoms with van der Waals surface area (Å²) in [6, 6.07) is 16.3. The Morgan fingerprint density at radius 1 is 1.18 bits per heavy atom. The second-order valence-electron chi connectivity index (χ2n) is 8.75. The summed E-state index contributed by atoms with van der Waals surface area (Å²) in [5.74, 6) is 0.531. The zero-order chi connectivity index (χ0) is 23.9. The second-order valence-corrected chi connectivity index (χ2v) is 8.75. The summed E-state index contributed by atoms with van der Waals surface area (Å²) in [5.41, 5.74) is 1.73. The van der Waals surface area contributed by atoms with Crippen LogP contribution in [-0.2, 0) is 12.8 Å². The summed E-state index contributed by atoms with van der Waals surface area (Å²) < 4.78 is 11.4. The number of para-hydroxylation sites is 1. The Kier molecular flexibility index (Phi) is 7.92. The molecule has 3 aromatic rings. The largest absolute Gasteiger partial charge is 0.488 e. The van der Waals surface area contributed by atoms with Gasteiger partial charge in [-0.3, -0.25) is 14.7 Å². The second kappa shape index (κ2) is 11.3. The normalized spacial score (nSPS) is 22.1. The molecule has 1 amide bonds. The molecular weight excluding hydrogens is 432 g/mol. The van der Waals surface area contributed by atoms with Gasteiger partial charge in [-0.1, -0.05) is 42.8 Å². The molecule has 1 fully saturated rings. The minimum atomic E-state index is -0.787. The van der Waals surface area contributed by atoms with Crippen molar-refractivity contribution in [2.75, 3.05) is 13.6 Å². The van der Waals surface area contributed by atoms with E-state index in [0.717, 1.165) is 30.7 Å². The standard InChI is InChI=1S/C26H32N4O4/c1-3-9-19-16-23(34-29-19)26(32)28-21-17-22(33-20-11-5-4-6-12-20)25(31)24(21)30(2)15-13-18-10-7-8-14-27-18/h4-8,10-12,14,16,21-22,24-25,31H,3,9,13,15,17H2,1-2H3,(H,28,32)/t21-,22-,24+,25+/m1/s1. The molecule has 2 N–H and O–H groups in total. The van der Waals surface area contributed by atoms with E-state index in [9.17, 15) is 9.90 Å². The molecule has 8 nitrogen and oxygen atoms in total. The smallest absolute Gasteiger partial charge is 0.290 e. The number of hydrogen-bond acceptors (Lipinski definition) is 7. The van der Waals surface area contributed by atoms with Crippen molar-refractivity contribution in [3.8, 4) is 5.75 Å². The Bertz CT molecular complexity index is 1040. The Morgan fingerprint density at radius 2 is 1.97 bits per heavy atom. The van der Waals surface area contributed by atoms with Crippen molar-refractivity contribution in [1.82, 2.24) is 20.4 Å². The quantitative estimate of drug-likeness (QED) is 0.476. The van der Waals surface area contributed by atoms with Crippen LogP contribution in [0.25, 0.3) is 0 Å². The molecule has 8 heteroatoms. The fourth-order valence-electron chi connectivity index (χ4n) is 4.51. The van der Waals surface area contributed by atoms with Gasteiger partial charge in [0.05, 0.1) is 17.8 Å². The lowest BCUT2D eigenvalue weighted by molar-refractivity contribution is 0.0148. The molecule has 180 valence electrons. The number of likely N-dealkylation sites (N-methyl/N-ethyl adjacent to an activating group) is 1. The number of nitrogens with one attached hydrogen (secondary N) is 1. The van der Waals surface area contributed by atoms with E-state index >= 15 is 0 Å². The molecule has 0 bridgehead atoms. The fourth-order valence-corrected chi connectivity index (χ4v) is 4.51. The SMILES string of the molecule is CCCc1cc(C(=O)N[C@@H]2C[C@@H](Oc3ccccc3)[C@H](O)[C@H]2N(C)CCc2ccccn2)on1. The van der Waals surface area contributed by atoms with Gasteiger partial charge < -0.3 is 19.7 Å². The van der Waals surface area contributed by atoms with Crippen LogP contribution < -0.4 is 10.1 Å². The molecule has 2 heterocycles. The monoisotopic (exact) mass is 464 g/mol. The first kappa shape index (κ1) is 23.9. The van der Waals surface area contributed by atoms with Crippen molar-refractivity contribution in [3.63, 3.8) is 0 Å². The highest BCUT2D eigenvalue weighted by Gasteiger charge is 2.46. The third-order valence-electron chi connectivity index (χ3n) is 6.22. The number of carbonyl (C=O) groups excluding carboxylic acids is 1. The summed E-state index contributed by atoms with van der Waals surface area (Å²) in [6.07, 6.45) is 3.40. The minimum absolute atomic E-state index is 0.181. The first-order chi connectivity index (χ1) is 16.5. The number of amides is 1. The zero-order valence-corrected chi connectivity index (χ0v) is 19.6. The highest BCUT2D eigenvalue weighted by atomic mass is 16.5. The van der Waals surface area contributed by atoms with Crippen molar-refractivity contribution in [3.05, 3.63) is 77.9 Å². The molecule has 0 unspecified atom stereocenters. The van der Waals surface area contributed by atoms with E-state index in [4.69, 9.17) is 9.26 Å². The van der Waals surface area contributed by atoms with Gasteiger partial charge in [-0.25, -0.2) is 0 Å². The Balaban J connectivity index is 1.48. The first-order valence-corrected chi connectivity index (χ1v) is 11.8. The third-order valence-corrected chi connectivity index (χ3v) is 6.22. The van der Waals surface area contributed by atoms with Crippen LogP contribution in [0, 0.1) is 0 Å². The van der Waals surface area contributed by atoms with Crippen molar-refractivity contribution < 1.29 is 19.2 Å². The van der Waals surface area contributed by atoms with Crippen LogP contribution in [0.15, 0.2) is 65.3 Å². The lowest BCUT2D eigenvalue weighted by atomic mass is 10.1. The average molecular weight is 465 g/mol. The van der Waals surface area contributed by atoms with Crippen LogP contribution >= 0.6 is 0 Å². The van der Waals surface area contributed by atoms with Crippen LogP contribution in [0.3, 0.4) is 0 Å². The number of hydrogen-bond donors (Lipinski definition) is 2. The number of rotatable bonds is 10. The number of aliphatic hydroxyl groups excluding tert-OH is 1. The minimum Gasteiger partial charge on any atom is -0.488 e. The molecule has 0 aliphatic heterocycles. The average Bonchev–Trinajstić information content (AvgIpc) is 3.44. The molecule has 4 rings (SSSR count). The highest BCUT2D eigenvalue weighted by Crippen LogP contribution is 2.29.